The smallest absolute Gasteiger partial charge is 0.282 e. The molecule has 0 spiro atoms. The maximum atomic E-state index is 12.9. The minimum Gasteiger partial charge on any atom is -0.495 e. The largest absolute Gasteiger partial charge is 0.495 e. The molecule has 1 aromatic carbocycles. The second-order valence-corrected chi connectivity index (χ2v) is 5.98. The van der Waals surface area contributed by atoms with Crippen molar-refractivity contribution in [2.75, 3.05) is 12.4 Å². The monoisotopic (exact) mass is 335 g/mol. The van der Waals surface area contributed by atoms with Crippen LogP contribution >= 0.6 is 0 Å². The molecule has 1 N–H and O–H groups in total. The Kier molecular flexibility index (Phi) is 4.51. The van der Waals surface area contributed by atoms with Crippen molar-refractivity contribution in [2.45, 2.75) is 38.7 Å². The van der Waals surface area contributed by atoms with Crippen molar-refractivity contribution < 1.29 is 18.3 Å². The van der Waals surface area contributed by atoms with Gasteiger partial charge in [0, 0.05) is 11.6 Å². The standard InChI is InChI=1S/C17H19F2N3O2/c1-10-3-6-15(24-2)12(7-10)20-16(23)9-22-14(11-4-5-11)8-13(21-22)17(18)19/h3,6-8,11,17H,4-5,9H2,1-2H3,(H,20,23). The molecule has 128 valence electrons. The van der Waals surface area contributed by atoms with Gasteiger partial charge in [-0.3, -0.25) is 9.48 Å². The summed E-state index contributed by atoms with van der Waals surface area (Å²) in [4.78, 5) is 12.3. The zero-order valence-corrected chi connectivity index (χ0v) is 13.6. The second kappa shape index (κ2) is 6.59. The highest BCUT2D eigenvalue weighted by atomic mass is 19.3. The van der Waals surface area contributed by atoms with Crippen LogP contribution in [0.2, 0.25) is 0 Å². The number of rotatable bonds is 6. The van der Waals surface area contributed by atoms with Crippen molar-refractivity contribution in [1.29, 1.82) is 0 Å². The van der Waals surface area contributed by atoms with E-state index >= 15 is 0 Å². The molecule has 0 atom stereocenters. The quantitative estimate of drug-likeness (QED) is 0.876. The zero-order valence-electron chi connectivity index (χ0n) is 13.6. The van der Waals surface area contributed by atoms with Crippen LogP contribution in [0.4, 0.5) is 14.5 Å². The van der Waals surface area contributed by atoms with Gasteiger partial charge in [0.15, 0.2) is 0 Å². The maximum absolute atomic E-state index is 12.9. The van der Waals surface area contributed by atoms with Gasteiger partial charge in [0.25, 0.3) is 6.43 Å². The Bertz CT molecular complexity index is 754. The summed E-state index contributed by atoms with van der Waals surface area (Å²) in [7, 11) is 1.52. The summed E-state index contributed by atoms with van der Waals surface area (Å²) in [6.07, 6.45) is -0.743. The van der Waals surface area contributed by atoms with Crippen LogP contribution in [-0.2, 0) is 11.3 Å². The number of aromatic nitrogens is 2. The van der Waals surface area contributed by atoms with E-state index in [0.717, 1.165) is 18.4 Å². The van der Waals surface area contributed by atoms with Crippen molar-refractivity contribution in [3.63, 3.8) is 0 Å². The van der Waals surface area contributed by atoms with Gasteiger partial charge < -0.3 is 10.1 Å². The summed E-state index contributed by atoms with van der Waals surface area (Å²) >= 11 is 0. The van der Waals surface area contributed by atoms with Crippen LogP contribution in [-0.4, -0.2) is 22.8 Å². The Labute approximate surface area is 138 Å². The van der Waals surface area contributed by atoms with Crippen molar-refractivity contribution in [3.05, 3.63) is 41.2 Å². The zero-order chi connectivity index (χ0) is 17.3. The van der Waals surface area contributed by atoms with Crippen molar-refractivity contribution in [3.8, 4) is 5.75 Å². The summed E-state index contributed by atoms with van der Waals surface area (Å²) < 4.78 is 32.4. The van der Waals surface area contributed by atoms with E-state index in [4.69, 9.17) is 4.74 Å². The summed E-state index contributed by atoms with van der Waals surface area (Å²) in [6.45, 7) is 1.80. The molecule has 1 fully saturated rings. The fraction of sp³-hybridized carbons (Fsp3) is 0.412. The predicted molar refractivity (Wildman–Crippen MR) is 85.5 cm³/mol. The number of methoxy groups -OCH3 is 1. The van der Waals surface area contributed by atoms with E-state index in [9.17, 15) is 13.6 Å². The fourth-order valence-corrected chi connectivity index (χ4v) is 2.64. The molecule has 1 heterocycles. The molecule has 7 heteroatoms. The summed E-state index contributed by atoms with van der Waals surface area (Å²) in [6, 6.07) is 6.85. The Hall–Kier alpha value is -2.44. The Morgan fingerprint density at radius 2 is 2.17 bits per heavy atom. The number of halogens is 2. The molecule has 1 aliphatic rings. The Morgan fingerprint density at radius 1 is 1.42 bits per heavy atom. The number of anilines is 1. The van der Waals surface area contributed by atoms with E-state index in [0.29, 0.717) is 17.1 Å². The van der Waals surface area contributed by atoms with Gasteiger partial charge in [-0.1, -0.05) is 6.07 Å². The minimum atomic E-state index is -2.64. The van der Waals surface area contributed by atoms with E-state index in [1.807, 2.05) is 13.0 Å². The van der Waals surface area contributed by atoms with E-state index in [1.54, 1.807) is 12.1 Å². The highest BCUT2D eigenvalue weighted by Crippen LogP contribution is 2.41. The number of hydrogen-bond donors (Lipinski definition) is 1. The van der Waals surface area contributed by atoms with Gasteiger partial charge in [-0.15, -0.1) is 0 Å². The molecule has 1 aromatic heterocycles. The molecule has 1 aliphatic carbocycles. The van der Waals surface area contributed by atoms with Gasteiger partial charge >= 0.3 is 0 Å². The Morgan fingerprint density at radius 3 is 2.79 bits per heavy atom. The van der Waals surface area contributed by atoms with Gasteiger partial charge in [-0.2, -0.15) is 5.10 Å². The van der Waals surface area contributed by atoms with Crippen molar-refractivity contribution in [2.24, 2.45) is 0 Å². The van der Waals surface area contributed by atoms with E-state index in [2.05, 4.69) is 10.4 Å². The van der Waals surface area contributed by atoms with E-state index in [1.165, 1.54) is 17.9 Å². The first-order valence-electron chi connectivity index (χ1n) is 7.78. The van der Waals surface area contributed by atoms with E-state index in [-0.39, 0.29) is 24.1 Å². The molecule has 0 bridgehead atoms. The molecular weight excluding hydrogens is 316 g/mol. The molecule has 3 rings (SSSR count). The third-order valence-electron chi connectivity index (χ3n) is 3.97. The van der Waals surface area contributed by atoms with Crippen LogP contribution in [0.5, 0.6) is 5.75 Å². The third kappa shape index (κ3) is 3.55. The molecule has 1 saturated carbocycles. The van der Waals surface area contributed by atoms with Crippen LogP contribution in [0.1, 0.15) is 42.1 Å². The van der Waals surface area contributed by atoms with E-state index < -0.39 is 6.43 Å². The van der Waals surface area contributed by atoms with Gasteiger partial charge in [0.2, 0.25) is 5.91 Å². The summed E-state index contributed by atoms with van der Waals surface area (Å²) in [5.41, 5.74) is 1.95. The second-order valence-electron chi connectivity index (χ2n) is 5.98. The average Bonchev–Trinajstić information content (AvgIpc) is 3.28. The van der Waals surface area contributed by atoms with Crippen LogP contribution < -0.4 is 10.1 Å². The van der Waals surface area contributed by atoms with Gasteiger partial charge in [0.1, 0.15) is 18.0 Å². The number of aryl methyl sites for hydroxylation is 1. The summed E-state index contributed by atoms with van der Waals surface area (Å²) in [5.74, 6) is 0.445. The first-order valence-corrected chi connectivity index (χ1v) is 7.78. The number of alkyl halides is 2. The number of benzene rings is 1. The maximum Gasteiger partial charge on any atom is 0.282 e. The normalized spacial score (nSPS) is 14.0. The average molecular weight is 335 g/mol. The molecule has 0 unspecified atom stereocenters. The first-order chi connectivity index (χ1) is 11.5. The molecule has 1 amide bonds. The molecule has 0 saturated heterocycles. The van der Waals surface area contributed by atoms with Gasteiger partial charge in [-0.05, 0) is 43.5 Å². The number of hydrogen-bond acceptors (Lipinski definition) is 3. The van der Waals surface area contributed by atoms with Crippen molar-refractivity contribution in [1.82, 2.24) is 9.78 Å². The topological polar surface area (TPSA) is 56.1 Å². The molecule has 24 heavy (non-hydrogen) atoms. The van der Waals surface area contributed by atoms with Crippen LogP contribution in [0, 0.1) is 6.92 Å². The lowest BCUT2D eigenvalue weighted by molar-refractivity contribution is -0.117. The summed E-state index contributed by atoms with van der Waals surface area (Å²) in [5, 5.41) is 6.65. The SMILES string of the molecule is COc1ccc(C)cc1NC(=O)Cn1nc(C(F)F)cc1C1CC1. The van der Waals surface area contributed by atoms with Gasteiger partial charge in [0.05, 0.1) is 12.8 Å². The van der Waals surface area contributed by atoms with Crippen LogP contribution in [0.3, 0.4) is 0 Å². The van der Waals surface area contributed by atoms with Crippen LogP contribution in [0.25, 0.3) is 0 Å². The first kappa shape index (κ1) is 16.4. The molecular formula is C17H19F2N3O2. The van der Waals surface area contributed by atoms with Gasteiger partial charge in [-0.25, -0.2) is 8.78 Å². The van der Waals surface area contributed by atoms with Crippen LogP contribution in [0.15, 0.2) is 24.3 Å². The number of amides is 1. The molecule has 5 nitrogen and oxygen atoms in total. The fourth-order valence-electron chi connectivity index (χ4n) is 2.64. The minimum absolute atomic E-state index is 0.102. The lowest BCUT2D eigenvalue weighted by Gasteiger charge is -2.12. The lowest BCUT2D eigenvalue weighted by atomic mass is 10.2. The molecule has 0 radical (unpaired) electrons. The number of nitrogens with one attached hydrogen (secondary N) is 1. The molecule has 2 aromatic rings. The Balaban J connectivity index is 1.77. The number of carbonyl (C=O) groups excluding carboxylic acids is 1. The number of ether oxygens (including phenoxy) is 1. The highest BCUT2D eigenvalue weighted by Gasteiger charge is 2.30. The molecule has 0 aliphatic heterocycles. The van der Waals surface area contributed by atoms with Crippen molar-refractivity contribution >= 4 is 11.6 Å². The number of carbonyl (C=O) groups is 1. The lowest BCUT2D eigenvalue weighted by Crippen LogP contribution is -2.21. The predicted octanol–water partition coefficient (Wildman–Crippen LogP) is 3.65. The third-order valence-corrected chi connectivity index (χ3v) is 3.97. The number of nitrogens with zero attached hydrogens (tertiary/aromatic N) is 2. The highest BCUT2D eigenvalue weighted by molar-refractivity contribution is 5.92.